The highest BCUT2D eigenvalue weighted by molar-refractivity contribution is 7.98. The van der Waals surface area contributed by atoms with Crippen molar-refractivity contribution < 1.29 is 12.8 Å². The molecule has 1 aromatic heterocycles. The maximum absolute atomic E-state index is 11.1. The molecule has 1 rings (SSSR count). The fraction of sp³-hybridized carbons (Fsp3) is 0.615. The quantitative estimate of drug-likeness (QED) is 0.408. The summed E-state index contributed by atoms with van der Waals surface area (Å²) < 4.78 is 30.2. The third-order valence-electron chi connectivity index (χ3n) is 2.48. The highest BCUT2D eigenvalue weighted by atomic mass is 32.2. The van der Waals surface area contributed by atoms with Crippen LogP contribution in [0.25, 0.3) is 0 Å². The van der Waals surface area contributed by atoms with Gasteiger partial charge in [0.1, 0.15) is 11.5 Å². The van der Waals surface area contributed by atoms with Crippen LogP contribution >= 0.6 is 11.8 Å². The van der Waals surface area contributed by atoms with Gasteiger partial charge in [-0.3, -0.25) is 9.71 Å². The molecule has 126 valence electrons. The number of thioether (sulfide) groups is 1. The van der Waals surface area contributed by atoms with Crippen LogP contribution in [0.4, 0.5) is 0 Å². The van der Waals surface area contributed by atoms with Gasteiger partial charge in [-0.05, 0) is 26.2 Å². The predicted octanol–water partition coefficient (Wildman–Crippen LogP) is 0.699. The van der Waals surface area contributed by atoms with Crippen LogP contribution in [0.15, 0.2) is 21.5 Å². The Labute approximate surface area is 136 Å². The van der Waals surface area contributed by atoms with Crippen LogP contribution in [0.5, 0.6) is 0 Å². The van der Waals surface area contributed by atoms with E-state index in [1.54, 1.807) is 11.8 Å². The first-order valence-electron chi connectivity index (χ1n) is 6.78. The lowest BCUT2D eigenvalue weighted by Crippen LogP contribution is -2.41. The monoisotopic (exact) mass is 348 g/mol. The van der Waals surface area contributed by atoms with Gasteiger partial charge >= 0.3 is 0 Å². The second-order valence-electron chi connectivity index (χ2n) is 5.03. The molecule has 0 fully saturated rings. The molecule has 0 aliphatic heterocycles. The minimum atomic E-state index is -3.30. The molecule has 0 radical (unpaired) electrons. The molecule has 0 bridgehead atoms. The second kappa shape index (κ2) is 9.06. The summed E-state index contributed by atoms with van der Waals surface area (Å²) in [5.41, 5.74) is 0. The van der Waals surface area contributed by atoms with Gasteiger partial charge in [0.25, 0.3) is 0 Å². The molecule has 2 N–H and O–H groups in total. The zero-order chi connectivity index (χ0) is 16.6. The Balaban J connectivity index is 2.24. The van der Waals surface area contributed by atoms with Crippen LogP contribution < -0.4 is 10.0 Å². The van der Waals surface area contributed by atoms with Crippen LogP contribution in [0.2, 0.25) is 0 Å². The summed E-state index contributed by atoms with van der Waals surface area (Å²) in [6.07, 6.45) is 1.09. The molecule has 9 heteroatoms. The first-order chi connectivity index (χ1) is 10.3. The summed E-state index contributed by atoms with van der Waals surface area (Å²) in [7, 11) is 2.23. The first-order valence-corrected chi connectivity index (χ1v) is 9.83. The van der Waals surface area contributed by atoms with Crippen LogP contribution in [0, 0.1) is 0 Å². The average molecular weight is 348 g/mol. The third-order valence-corrected chi connectivity index (χ3v) is 4.02. The van der Waals surface area contributed by atoms with Gasteiger partial charge in [0, 0.05) is 19.3 Å². The fourth-order valence-electron chi connectivity index (χ4n) is 1.65. The Morgan fingerprint density at radius 1 is 1.36 bits per heavy atom. The number of rotatable bonds is 8. The Hall–Kier alpha value is -1.19. The van der Waals surface area contributed by atoms with Gasteiger partial charge in [-0.2, -0.15) is 11.8 Å². The van der Waals surface area contributed by atoms with E-state index >= 15 is 0 Å². The molecule has 0 atom stereocenters. The van der Waals surface area contributed by atoms with Gasteiger partial charge in [-0.25, -0.2) is 8.42 Å². The largest absolute Gasteiger partial charge is 0.464 e. The number of sulfonamides is 1. The predicted molar refractivity (Wildman–Crippen MR) is 91.6 cm³/mol. The molecule has 0 aromatic carbocycles. The summed E-state index contributed by atoms with van der Waals surface area (Å²) in [5.74, 6) is 3.76. The lowest BCUT2D eigenvalue weighted by atomic mass is 10.4. The van der Waals surface area contributed by atoms with Gasteiger partial charge < -0.3 is 14.6 Å². The third kappa shape index (κ3) is 8.30. The smallest absolute Gasteiger partial charge is 0.232 e. The summed E-state index contributed by atoms with van der Waals surface area (Å²) in [6.45, 7) is 1.41. The van der Waals surface area contributed by atoms with Crippen molar-refractivity contribution in [3.8, 4) is 0 Å². The van der Waals surface area contributed by atoms with E-state index < -0.39 is 10.0 Å². The first kappa shape index (κ1) is 18.9. The number of aliphatic imine (C=N–C) groups is 1. The second-order valence-corrected chi connectivity index (χ2v) is 7.89. The highest BCUT2D eigenvalue weighted by Crippen LogP contribution is 2.15. The minimum absolute atomic E-state index is 0.259. The topological polar surface area (TPSA) is 86.9 Å². The van der Waals surface area contributed by atoms with E-state index in [0.717, 1.165) is 35.8 Å². The van der Waals surface area contributed by atoms with Crippen molar-refractivity contribution >= 4 is 27.7 Å². The normalized spacial score (nSPS) is 12.7. The zero-order valence-corrected chi connectivity index (χ0v) is 15.1. The Kier molecular flexibility index (Phi) is 7.77. The Morgan fingerprint density at radius 3 is 2.64 bits per heavy atom. The minimum Gasteiger partial charge on any atom is -0.464 e. The van der Waals surface area contributed by atoms with Crippen LogP contribution in [0.1, 0.15) is 11.5 Å². The maximum Gasteiger partial charge on any atom is 0.232 e. The SMILES string of the molecule is CN=C(NCCSCc1ccc(CN(C)C)o1)NS(C)(=O)=O. The zero-order valence-electron chi connectivity index (χ0n) is 13.4. The van der Waals surface area contributed by atoms with Gasteiger partial charge in [-0.1, -0.05) is 0 Å². The lowest BCUT2D eigenvalue weighted by molar-refractivity contribution is 0.344. The molecule has 0 unspecified atom stereocenters. The molecule has 0 aliphatic rings. The number of nitrogens with zero attached hydrogens (tertiary/aromatic N) is 2. The number of hydrogen-bond acceptors (Lipinski definition) is 6. The average Bonchev–Trinajstić information content (AvgIpc) is 2.82. The molecule has 0 saturated carbocycles. The molecule has 7 nitrogen and oxygen atoms in total. The Bertz CT molecular complexity index is 582. The van der Waals surface area contributed by atoms with Crippen molar-refractivity contribution in [3.63, 3.8) is 0 Å². The molecule has 1 heterocycles. The van der Waals surface area contributed by atoms with Crippen LogP contribution in [-0.4, -0.2) is 59.0 Å². The highest BCUT2D eigenvalue weighted by Gasteiger charge is 2.06. The van der Waals surface area contributed by atoms with E-state index in [9.17, 15) is 8.42 Å². The van der Waals surface area contributed by atoms with Crippen molar-refractivity contribution in [2.45, 2.75) is 12.3 Å². The molecule has 0 spiro atoms. The van der Waals surface area contributed by atoms with Crippen LogP contribution in [0.3, 0.4) is 0 Å². The van der Waals surface area contributed by atoms with Gasteiger partial charge in [0.05, 0.1) is 18.6 Å². The van der Waals surface area contributed by atoms with Crippen molar-refractivity contribution in [3.05, 3.63) is 23.7 Å². The molecule has 0 amide bonds. The molecular weight excluding hydrogens is 324 g/mol. The van der Waals surface area contributed by atoms with Gasteiger partial charge in [-0.15, -0.1) is 0 Å². The van der Waals surface area contributed by atoms with Gasteiger partial charge in [0.2, 0.25) is 16.0 Å². The number of furan rings is 1. The summed E-state index contributed by atoms with van der Waals surface area (Å²) in [5, 5.41) is 2.95. The number of nitrogens with one attached hydrogen (secondary N) is 2. The molecule has 1 aromatic rings. The van der Waals surface area contributed by atoms with Crippen LogP contribution in [-0.2, 0) is 22.3 Å². The summed E-state index contributed by atoms with van der Waals surface area (Å²) in [4.78, 5) is 5.90. The van der Waals surface area contributed by atoms with Crippen molar-refractivity contribution in [2.24, 2.45) is 4.99 Å². The van der Waals surface area contributed by atoms with Crippen molar-refractivity contribution in [1.29, 1.82) is 0 Å². The van der Waals surface area contributed by atoms with E-state index in [4.69, 9.17) is 4.42 Å². The standard InChI is InChI=1S/C13H24N4O3S2/c1-14-13(16-22(4,18)19)15-7-8-21-10-12-6-5-11(20-12)9-17(2)3/h5-6H,7-10H2,1-4H3,(H2,14,15,16). The fourth-order valence-corrected chi connectivity index (χ4v) is 2.91. The van der Waals surface area contributed by atoms with E-state index in [1.165, 1.54) is 7.05 Å². The van der Waals surface area contributed by atoms with E-state index in [0.29, 0.717) is 6.54 Å². The molecule has 0 saturated heterocycles. The van der Waals surface area contributed by atoms with Crippen molar-refractivity contribution in [2.75, 3.05) is 39.7 Å². The van der Waals surface area contributed by atoms with E-state index in [1.807, 2.05) is 26.2 Å². The summed E-state index contributed by atoms with van der Waals surface area (Å²) >= 11 is 1.71. The molecule has 0 aliphatic carbocycles. The number of guanidine groups is 1. The van der Waals surface area contributed by atoms with E-state index in [2.05, 4.69) is 19.9 Å². The Morgan fingerprint density at radius 2 is 2.05 bits per heavy atom. The van der Waals surface area contributed by atoms with E-state index in [-0.39, 0.29) is 5.96 Å². The molecule has 22 heavy (non-hydrogen) atoms. The molecular formula is C13H24N4O3S2. The number of hydrogen-bond donors (Lipinski definition) is 2. The van der Waals surface area contributed by atoms with Gasteiger partial charge in [0.15, 0.2) is 0 Å². The maximum atomic E-state index is 11.1. The van der Waals surface area contributed by atoms with Crippen molar-refractivity contribution in [1.82, 2.24) is 14.9 Å². The summed E-state index contributed by atoms with van der Waals surface area (Å²) in [6, 6.07) is 3.98. The lowest BCUT2D eigenvalue weighted by Gasteiger charge is -2.09.